The minimum absolute atomic E-state index is 0.254. The molecule has 1 aromatic carbocycles. The second-order valence-electron chi connectivity index (χ2n) is 2.31. The van der Waals surface area contributed by atoms with Gasteiger partial charge in [-0.15, -0.1) is 11.6 Å². The summed E-state index contributed by atoms with van der Waals surface area (Å²) in [6, 6.07) is 1.89. The van der Waals surface area contributed by atoms with Crippen LogP contribution >= 0.6 is 11.6 Å². The van der Waals surface area contributed by atoms with Gasteiger partial charge < -0.3 is 0 Å². The normalized spacial score (nSPS) is 10.3. The highest BCUT2D eigenvalue weighted by Crippen LogP contribution is 2.14. The lowest BCUT2D eigenvalue weighted by Gasteiger charge is -1.99. The summed E-state index contributed by atoms with van der Waals surface area (Å²) >= 11 is 5.34. The molecule has 0 bridgehead atoms. The maximum Gasteiger partial charge on any atom is 0.194 e. The predicted octanol–water partition coefficient (Wildman–Crippen LogP) is 2.89. The lowest BCUT2D eigenvalue weighted by atomic mass is 10.1. The van der Waals surface area contributed by atoms with Crippen LogP contribution in [-0.2, 0) is 6.42 Å². The van der Waals surface area contributed by atoms with E-state index in [0.29, 0.717) is 12.0 Å². The highest BCUT2D eigenvalue weighted by atomic mass is 35.5. The zero-order valence-corrected chi connectivity index (χ0v) is 6.84. The second kappa shape index (κ2) is 3.81. The fourth-order valence-electron chi connectivity index (χ4n) is 0.861. The van der Waals surface area contributed by atoms with E-state index in [1.165, 1.54) is 0 Å². The lowest BCUT2D eigenvalue weighted by Crippen LogP contribution is -1.95. The van der Waals surface area contributed by atoms with Crippen molar-refractivity contribution >= 4 is 11.6 Å². The van der Waals surface area contributed by atoms with Crippen molar-refractivity contribution in [3.8, 4) is 0 Å². The van der Waals surface area contributed by atoms with Crippen molar-refractivity contribution in [1.29, 1.82) is 0 Å². The average molecular weight is 195 g/mol. The summed E-state index contributed by atoms with van der Waals surface area (Å²) in [5.74, 6) is -3.52. The Labute approximate surface area is 73.0 Å². The number of halogens is 4. The molecule has 0 spiro atoms. The van der Waals surface area contributed by atoms with E-state index >= 15 is 0 Å². The quantitative estimate of drug-likeness (QED) is 0.502. The van der Waals surface area contributed by atoms with Crippen molar-refractivity contribution in [3.63, 3.8) is 0 Å². The van der Waals surface area contributed by atoms with E-state index in [-0.39, 0.29) is 5.88 Å². The van der Waals surface area contributed by atoms with Gasteiger partial charge in [0.1, 0.15) is 0 Å². The fraction of sp³-hybridized carbons (Fsp3) is 0.250. The molecule has 0 fully saturated rings. The molecule has 0 saturated carbocycles. The number of hydrogen-bond donors (Lipinski definition) is 0. The predicted molar refractivity (Wildman–Crippen MR) is 40.7 cm³/mol. The molecule has 12 heavy (non-hydrogen) atoms. The van der Waals surface area contributed by atoms with Gasteiger partial charge in [0.25, 0.3) is 0 Å². The van der Waals surface area contributed by atoms with Crippen molar-refractivity contribution < 1.29 is 13.2 Å². The molecule has 0 N–H and O–H groups in total. The third-order valence-corrected chi connectivity index (χ3v) is 1.62. The van der Waals surface area contributed by atoms with Gasteiger partial charge in [0.2, 0.25) is 0 Å². The maximum atomic E-state index is 12.5. The third-order valence-electron chi connectivity index (χ3n) is 1.43. The van der Waals surface area contributed by atoms with Gasteiger partial charge in [-0.3, -0.25) is 0 Å². The molecule has 0 aliphatic carbocycles. The highest BCUT2D eigenvalue weighted by molar-refractivity contribution is 6.17. The molecule has 0 unspecified atom stereocenters. The van der Waals surface area contributed by atoms with E-state index in [2.05, 4.69) is 0 Å². The summed E-state index contributed by atoms with van der Waals surface area (Å²) in [4.78, 5) is 0. The van der Waals surface area contributed by atoms with Gasteiger partial charge in [-0.1, -0.05) is 0 Å². The number of rotatable bonds is 2. The van der Waals surface area contributed by atoms with E-state index in [1.54, 1.807) is 0 Å². The van der Waals surface area contributed by atoms with E-state index in [4.69, 9.17) is 11.6 Å². The molecule has 0 saturated heterocycles. The van der Waals surface area contributed by atoms with Crippen LogP contribution in [0.3, 0.4) is 0 Å². The molecule has 4 heteroatoms. The molecule has 1 rings (SSSR count). The molecule has 0 heterocycles. The molecule has 66 valence electrons. The minimum Gasteiger partial charge on any atom is -0.204 e. The van der Waals surface area contributed by atoms with Gasteiger partial charge in [-0.05, 0) is 24.1 Å². The molecule has 0 aliphatic heterocycles. The van der Waals surface area contributed by atoms with E-state index in [0.717, 1.165) is 12.1 Å². The monoisotopic (exact) mass is 194 g/mol. The number of aryl methyl sites for hydroxylation is 1. The van der Waals surface area contributed by atoms with E-state index < -0.39 is 17.5 Å². The molecular weight excluding hydrogens is 189 g/mol. The Kier molecular flexibility index (Phi) is 2.98. The zero-order valence-electron chi connectivity index (χ0n) is 6.08. The van der Waals surface area contributed by atoms with Crippen LogP contribution in [0.4, 0.5) is 13.2 Å². The van der Waals surface area contributed by atoms with Crippen molar-refractivity contribution in [2.45, 2.75) is 6.42 Å². The fourth-order valence-corrected chi connectivity index (χ4v) is 1.08. The molecule has 0 nitrogen and oxygen atoms in total. The first-order valence-corrected chi connectivity index (χ1v) is 3.88. The van der Waals surface area contributed by atoms with Crippen LogP contribution in [0.15, 0.2) is 12.1 Å². The van der Waals surface area contributed by atoms with Crippen molar-refractivity contribution in [1.82, 2.24) is 0 Å². The number of hydrogen-bond acceptors (Lipinski definition) is 0. The third kappa shape index (κ3) is 1.91. The average Bonchev–Trinajstić information content (AvgIpc) is 2.01. The van der Waals surface area contributed by atoms with Crippen LogP contribution in [0.5, 0.6) is 0 Å². The first-order chi connectivity index (χ1) is 5.65. The van der Waals surface area contributed by atoms with Crippen LogP contribution in [-0.4, -0.2) is 5.88 Å². The maximum absolute atomic E-state index is 12.5. The second-order valence-corrected chi connectivity index (χ2v) is 2.69. The first kappa shape index (κ1) is 9.39. The van der Waals surface area contributed by atoms with Gasteiger partial charge in [-0.25, -0.2) is 13.2 Å². The molecule has 0 amide bonds. The van der Waals surface area contributed by atoms with Gasteiger partial charge in [0.05, 0.1) is 0 Å². The Hall–Kier alpha value is -0.700. The van der Waals surface area contributed by atoms with Gasteiger partial charge in [-0.2, -0.15) is 0 Å². The molecule has 0 aromatic heterocycles. The Morgan fingerprint density at radius 3 is 2.00 bits per heavy atom. The van der Waals surface area contributed by atoms with Gasteiger partial charge in [0, 0.05) is 5.88 Å². The van der Waals surface area contributed by atoms with Gasteiger partial charge in [0.15, 0.2) is 17.5 Å². The highest BCUT2D eigenvalue weighted by Gasteiger charge is 2.09. The number of benzene rings is 1. The number of alkyl halides is 1. The van der Waals surface area contributed by atoms with Crippen molar-refractivity contribution in [2.24, 2.45) is 0 Å². The Bertz CT molecular complexity index is 263. The summed E-state index contributed by atoms with van der Waals surface area (Å²) in [5.41, 5.74) is 0.362. The Morgan fingerprint density at radius 2 is 1.58 bits per heavy atom. The first-order valence-electron chi connectivity index (χ1n) is 3.34. The SMILES string of the molecule is Fc1cc(CCCl)cc(F)c1F. The Morgan fingerprint density at radius 1 is 1.08 bits per heavy atom. The van der Waals surface area contributed by atoms with E-state index in [1.807, 2.05) is 0 Å². The summed E-state index contributed by atoms with van der Waals surface area (Å²) in [5, 5.41) is 0. The largest absolute Gasteiger partial charge is 0.204 e. The smallest absolute Gasteiger partial charge is 0.194 e. The van der Waals surface area contributed by atoms with Crippen molar-refractivity contribution in [3.05, 3.63) is 35.1 Å². The van der Waals surface area contributed by atoms with Crippen LogP contribution in [0.25, 0.3) is 0 Å². The molecule has 0 aliphatic rings. The molecule has 1 aromatic rings. The summed E-state index contributed by atoms with van der Waals surface area (Å²) < 4.78 is 37.4. The van der Waals surface area contributed by atoms with E-state index in [9.17, 15) is 13.2 Å². The van der Waals surface area contributed by atoms with Crippen LogP contribution in [0.1, 0.15) is 5.56 Å². The van der Waals surface area contributed by atoms with Crippen LogP contribution in [0, 0.1) is 17.5 Å². The summed E-state index contributed by atoms with van der Waals surface area (Å²) in [6.45, 7) is 0. The standard InChI is InChI=1S/C8H6ClF3/c9-2-1-5-3-6(10)8(12)7(11)4-5/h3-4H,1-2H2. The van der Waals surface area contributed by atoms with Crippen LogP contribution < -0.4 is 0 Å². The van der Waals surface area contributed by atoms with Gasteiger partial charge >= 0.3 is 0 Å². The molecule has 0 radical (unpaired) electrons. The molecular formula is C8H6ClF3. The van der Waals surface area contributed by atoms with Crippen LogP contribution in [0.2, 0.25) is 0 Å². The summed E-state index contributed by atoms with van der Waals surface area (Å²) in [7, 11) is 0. The Balaban J connectivity index is 3.04. The lowest BCUT2D eigenvalue weighted by molar-refractivity contribution is 0.445. The minimum atomic E-state index is -1.44. The van der Waals surface area contributed by atoms with Crippen molar-refractivity contribution in [2.75, 3.05) is 5.88 Å². The molecule has 0 atom stereocenters. The zero-order chi connectivity index (χ0) is 9.14. The topological polar surface area (TPSA) is 0 Å². The summed E-state index contributed by atoms with van der Waals surface area (Å²) in [6.07, 6.45) is 0.329.